The molecule has 3 aromatic carbocycles. The molecule has 0 amide bonds. The third-order valence-corrected chi connectivity index (χ3v) is 10.5. The average molecular weight is 483 g/mol. The maximum absolute atomic E-state index is 2.53. The molecule has 0 saturated carbocycles. The quantitative estimate of drug-likeness (QED) is 0.180. The largest absolute Gasteiger partial charge is 0.214 e. The van der Waals surface area contributed by atoms with E-state index in [2.05, 4.69) is 114 Å². The molecule has 174 valence electrons. The Morgan fingerprint density at radius 1 is 0.882 bits per heavy atom. The minimum atomic E-state index is -1.57. The summed E-state index contributed by atoms with van der Waals surface area (Å²) in [6, 6.07) is 21.0. The van der Waals surface area contributed by atoms with Gasteiger partial charge in [0.05, 0.1) is 13.6 Å². The number of rotatable bonds is 4. The molecule has 0 atom stereocenters. The van der Waals surface area contributed by atoms with E-state index < -0.39 is 8.07 Å². The predicted molar refractivity (Wildman–Crippen MR) is 154 cm³/mol. The molecule has 0 saturated heterocycles. The zero-order valence-electron chi connectivity index (χ0n) is 21.8. The van der Waals surface area contributed by atoms with E-state index in [1.807, 2.05) is 11.3 Å². The molecule has 5 aromatic rings. The first-order valence-corrected chi connectivity index (χ1v) is 16.8. The lowest BCUT2D eigenvalue weighted by molar-refractivity contribution is -0.633. The molecular formula is C31H36NSSi+. The van der Waals surface area contributed by atoms with Crippen LogP contribution in [0, 0.1) is 19.8 Å². The number of aryl methyl sites for hydroxylation is 2. The summed E-state index contributed by atoms with van der Waals surface area (Å²) >= 11 is 1.94. The Morgan fingerprint density at radius 3 is 2.32 bits per heavy atom. The van der Waals surface area contributed by atoms with Gasteiger partial charge in [-0.2, -0.15) is 4.57 Å². The summed E-state index contributed by atoms with van der Waals surface area (Å²) in [6.45, 7) is 16.6. The summed E-state index contributed by atoms with van der Waals surface area (Å²) in [5.41, 5.74) is 8.33. The van der Waals surface area contributed by atoms with Gasteiger partial charge >= 0.3 is 0 Å². The van der Waals surface area contributed by atoms with Crippen molar-refractivity contribution in [3.8, 4) is 11.3 Å². The summed E-state index contributed by atoms with van der Waals surface area (Å²) in [7, 11) is 0.695. The third kappa shape index (κ3) is 3.79. The van der Waals surface area contributed by atoms with Crippen LogP contribution in [0.4, 0.5) is 0 Å². The SMILES string of the molecule is Cc1cc2c(sc3ccccc32)c(-c2cc([Si](C)(C)C)c3ccc(CC(C)C)cc3[n+]2C)c1C. The maximum Gasteiger partial charge on any atom is 0.214 e. The fraction of sp³-hybridized carbons (Fsp3) is 0.323. The first-order chi connectivity index (χ1) is 16.1. The van der Waals surface area contributed by atoms with E-state index in [1.165, 1.54) is 59.0 Å². The van der Waals surface area contributed by atoms with Crippen molar-refractivity contribution in [2.24, 2.45) is 13.0 Å². The molecule has 0 N–H and O–H groups in total. The van der Waals surface area contributed by atoms with E-state index in [1.54, 1.807) is 5.19 Å². The van der Waals surface area contributed by atoms with Crippen molar-refractivity contribution < 1.29 is 4.57 Å². The van der Waals surface area contributed by atoms with E-state index in [0.29, 0.717) is 5.92 Å². The predicted octanol–water partition coefficient (Wildman–Crippen LogP) is 8.06. The lowest BCUT2D eigenvalue weighted by Crippen LogP contribution is -2.43. The second-order valence-electron chi connectivity index (χ2n) is 11.4. The third-order valence-electron chi connectivity index (χ3n) is 7.25. The van der Waals surface area contributed by atoms with Crippen molar-refractivity contribution in [2.75, 3.05) is 0 Å². The van der Waals surface area contributed by atoms with Gasteiger partial charge in [-0.15, -0.1) is 11.3 Å². The normalized spacial score (nSPS) is 12.5. The highest BCUT2D eigenvalue weighted by atomic mass is 32.1. The Hall–Kier alpha value is -2.49. The van der Waals surface area contributed by atoms with Gasteiger partial charge in [-0.1, -0.05) is 57.8 Å². The van der Waals surface area contributed by atoms with Crippen LogP contribution in [0.1, 0.15) is 30.5 Å². The number of aromatic nitrogens is 1. The van der Waals surface area contributed by atoms with Crippen LogP contribution in [0.3, 0.4) is 0 Å². The number of hydrogen-bond acceptors (Lipinski definition) is 1. The standard InChI is InChI=1S/C31H36NSSi/c1-19(2)15-22-13-14-24-26(17-22)32(5)27(18-29(24)34(6,7)8)30-21(4)20(3)16-25-23-11-9-10-12-28(23)33-31(25)30/h9-14,16-19H,15H2,1-8H3/q+1. The second kappa shape index (κ2) is 8.32. The monoisotopic (exact) mass is 482 g/mol. The zero-order chi connectivity index (χ0) is 24.4. The van der Waals surface area contributed by atoms with Gasteiger partial charge in [-0.05, 0) is 66.3 Å². The molecule has 2 aromatic heterocycles. The van der Waals surface area contributed by atoms with Crippen LogP contribution in [-0.4, -0.2) is 8.07 Å². The smallest absolute Gasteiger partial charge is 0.194 e. The van der Waals surface area contributed by atoms with Crippen LogP contribution in [-0.2, 0) is 13.5 Å². The van der Waals surface area contributed by atoms with Crippen LogP contribution in [0.15, 0.2) is 54.6 Å². The Morgan fingerprint density at radius 2 is 1.62 bits per heavy atom. The van der Waals surface area contributed by atoms with Gasteiger partial charge in [0.1, 0.15) is 7.05 Å². The first kappa shape index (κ1) is 23.3. The van der Waals surface area contributed by atoms with Crippen molar-refractivity contribution in [2.45, 2.75) is 53.8 Å². The molecule has 0 radical (unpaired) electrons. The summed E-state index contributed by atoms with van der Waals surface area (Å²) in [4.78, 5) is 0. The van der Waals surface area contributed by atoms with E-state index in [-0.39, 0.29) is 0 Å². The Kier molecular flexibility index (Phi) is 5.69. The van der Waals surface area contributed by atoms with Crippen molar-refractivity contribution in [1.29, 1.82) is 0 Å². The minimum absolute atomic E-state index is 0.652. The molecule has 0 aliphatic carbocycles. The summed E-state index contributed by atoms with van der Waals surface area (Å²) in [5.74, 6) is 0.652. The van der Waals surface area contributed by atoms with E-state index in [0.717, 1.165) is 6.42 Å². The summed E-state index contributed by atoms with van der Waals surface area (Å²) in [6.07, 6.45) is 1.12. The zero-order valence-corrected chi connectivity index (χ0v) is 23.7. The van der Waals surface area contributed by atoms with Crippen LogP contribution in [0.5, 0.6) is 0 Å². The average Bonchev–Trinajstić information content (AvgIpc) is 3.12. The van der Waals surface area contributed by atoms with Gasteiger partial charge in [0.2, 0.25) is 11.2 Å². The number of pyridine rings is 1. The number of nitrogens with zero attached hydrogens (tertiary/aromatic N) is 1. The van der Waals surface area contributed by atoms with Gasteiger partial charge in [-0.3, -0.25) is 0 Å². The van der Waals surface area contributed by atoms with Gasteiger partial charge in [0, 0.05) is 37.7 Å². The number of benzene rings is 3. The molecule has 1 nitrogen and oxygen atoms in total. The highest BCUT2D eigenvalue weighted by molar-refractivity contribution is 7.26. The van der Waals surface area contributed by atoms with Crippen molar-refractivity contribution in [3.63, 3.8) is 0 Å². The number of thiophene rings is 1. The summed E-state index contributed by atoms with van der Waals surface area (Å²) in [5, 5.41) is 5.75. The van der Waals surface area contributed by atoms with Gasteiger partial charge in [0.25, 0.3) is 0 Å². The van der Waals surface area contributed by atoms with Crippen molar-refractivity contribution >= 4 is 55.7 Å². The summed E-state index contributed by atoms with van der Waals surface area (Å²) < 4.78 is 5.25. The van der Waals surface area contributed by atoms with Crippen molar-refractivity contribution in [3.05, 3.63) is 71.3 Å². The Labute approximate surface area is 209 Å². The topological polar surface area (TPSA) is 3.88 Å². The minimum Gasteiger partial charge on any atom is -0.194 e. The van der Waals surface area contributed by atoms with Crippen molar-refractivity contribution in [1.82, 2.24) is 0 Å². The van der Waals surface area contributed by atoms with Gasteiger partial charge in [0.15, 0.2) is 0 Å². The Balaban J connectivity index is 1.92. The molecule has 0 spiro atoms. The van der Waals surface area contributed by atoms with Crippen LogP contribution < -0.4 is 9.75 Å². The molecular weight excluding hydrogens is 447 g/mol. The maximum atomic E-state index is 2.53. The molecule has 0 bridgehead atoms. The second-order valence-corrected chi connectivity index (χ2v) is 17.5. The molecule has 34 heavy (non-hydrogen) atoms. The van der Waals surface area contributed by atoms with E-state index >= 15 is 0 Å². The van der Waals surface area contributed by atoms with Gasteiger partial charge in [-0.25, -0.2) is 0 Å². The van der Waals surface area contributed by atoms with E-state index in [9.17, 15) is 0 Å². The Bertz CT molecular complexity index is 1570. The molecule has 0 aliphatic heterocycles. The number of fused-ring (bicyclic) bond motifs is 4. The molecule has 0 fully saturated rings. The first-order valence-electron chi connectivity index (χ1n) is 12.4. The highest BCUT2D eigenvalue weighted by Crippen LogP contribution is 2.42. The molecule has 5 rings (SSSR count). The lowest BCUT2D eigenvalue weighted by atomic mass is 9.95. The van der Waals surface area contributed by atoms with Crippen LogP contribution >= 0.6 is 11.3 Å². The molecule has 2 heterocycles. The van der Waals surface area contributed by atoms with Crippen LogP contribution in [0.2, 0.25) is 19.6 Å². The van der Waals surface area contributed by atoms with E-state index in [4.69, 9.17) is 0 Å². The number of hydrogen-bond donors (Lipinski definition) is 0. The molecule has 3 heteroatoms. The van der Waals surface area contributed by atoms with Crippen LogP contribution in [0.25, 0.3) is 42.3 Å². The fourth-order valence-corrected chi connectivity index (χ4v) is 8.26. The molecule has 0 aliphatic rings. The molecule has 0 unspecified atom stereocenters. The fourth-order valence-electron chi connectivity index (χ4n) is 5.38. The van der Waals surface area contributed by atoms with Gasteiger partial charge < -0.3 is 0 Å². The lowest BCUT2D eigenvalue weighted by Gasteiger charge is -2.21. The highest BCUT2D eigenvalue weighted by Gasteiger charge is 2.29.